The van der Waals surface area contributed by atoms with Crippen molar-refractivity contribution in [3.63, 3.8) is 0 Å². The summed E-state index contributed by atoms with van der Waals surface area (Å²) in [4.78, 5) is 35.1. The highest BCUT2D eigenvalue weighted by atomic mass is 32.1. The number of carbonyl (C=O) groups is 2. The summed E-state index contributed by atoms with van der Waals surface area (Å²) >= 11 is 1.76. The first-order valence-corrected chi connectivity index (χ1v) is 14.1. The van der Waals surface area contributed by atoms with Crippen LogP contribution in [-0.2, 0) is 17.9 Å². The summed E-state index contributed by atoms with van der Waals surface area (Å²) < 4.78 is 0. The van der Waals surface area contributed by atoms with Crippen LogP contribution in [0.15, 0.2) is 66.0 Å². The number of hydrogen-bond donors (Lipinski definition) is 1. The highest BCUT2D eigenvalue weighted by molar-refractivity contribution is 7.09. The lowest BCUT2D eigenvalue weighted by Gasteiger charge is -2.32. The van der Waals surface area contributed by atoms with Crippen LogP contribution in [0.1, 0.15) is 38.3 Å². The molecule has 2 aromatic carbocycles. The van der Waals surface area contributed by atoms with Gasteiger partial charge in [-0.2, -0.15) is 0 Å². The molecule has 2 fully saturated rings. The van der Waals surface area contributed by atoms with Gasteiger partial charge in [0.05, 0.1) is 0 Å². The summed E-state index contributed by atoms with van der Waals surface area (Å²) in [6, 6.07) is 20.1. The van der Waals surface area contributed by atoms with Crippen LogP contribution < -0.4 is 5.32 Å². The molecule has 5 rings (SSSR count). The molecule has 2 unspecified atom stereocenters. The van der Waals surface area contributed by atoms with Gasteiger partial charge in [-0.05, 0) is 55.0 Å². The third-order valence-corrected chi connectivity index (χ3v) is 8.50. The molecule has 6 nitrogen and oxygen atoms in total. The lowest BCUT2D eigenvalue weighted by molar-refractivity contribution is -0.135. The number of rotatable bonds is 7. The number of piperazine rings is 1. The van der Waals surface area contributed by atoms with E-state index >= 15 is 0 Å². The SMILES string of the molecule is Cc1ccc(C(=O)N2CC(N(Cc3cccs3)Cc3ccccc3C)CC2C(=O)N2CCNCC2)cc1. The van der Waals surface area contributed by atoms with Crippen molar-refractivity contribution in [2.24, 2.45) is 0 Å². The highest BCUT2D eigenvalue weighted by Crippen LogP contribution is 2.29. The van der Waals surface area contributed by atoms with Crippen molar-refractivity contribution in [3.8, 4) is 0 Å². The van der Waals surface area contributed by atoms with Gasteiger partial charge in [-0.25, -0.2) is 0 Å². The molecule has 0 aliphatic carbocycles. The van der Waals surface area contributed by atoms with Gasteiger partial charge in [-0.15, -0.1) is 11.3 Å². The number of thiophene rings is 1. The summed E-state index contributed by atoms with van der Waals surface area (Å²) in [6.07, 6.45) is 0.650. The Morgan fingerprint density at radius 1 is 0.973 bits per heavy atom. The van der Waals surface area contributed by atoms with E-state index in [0.29, 0.717) is 31.6 Å². The lowest BCUT2D eigenvalue weighted by atomic mass is 10.1. The number of nitrogens with zero attached hydrogens (tertiary/aromatic N) is 3. The summed E-state index contributed by atoms with van der Waals surface area (Å²) in [7, 11) is 0. The molecule has 2 atom stereocenters. The molecule has 0 spiro atoms. The van der Waals surface area contributed by atoms with E-state index in [0.717, 1.165) is 31.7 Å². The molecule has 194 valence electrons. The predicted octanol–water partition coefficient (Wildman–Crippen LogP) is 4.08. The number of amides is 2. The molecule has 1 aromatic heterocycles. The van der Waals surface area contributed by atoms with Gasteiger partial charge in [0.2, 0.25) is 5.91 Å². The number of nitrogens with one attached hydrogen (secondary N) is 1. The molecular formula is C30H36N4O2S. The molecule has 0 saturated carbocycles. The number of benzene rings is 2. The lowest BCUT2D eigenvalue weighted by Crippen LogP contribution is -2.53. The summed E-state index contributed by atoms with van der Waals surface area (Å²) in [5.74, 6) is 0.0272. The molecule has 2 aliphatic rings. The Labute approximate surface area is 223 Å². The van der Waals surface area contributed by atoms with Crippen LogP contribution in [0.2, 0.25) is 0 Å². The van der Waals surface area contributed by atoms with E-state index in [-0.39, 0.29) is 17.9 Å². The summed E-state index contributed by atoms with van der Waals surface area (Å²) in [6.45, 7) is 9.28. The zero-order valence-corrected chi connectivity index (χ0v) is 22.5. The Hall–Kier alpha value is -3.00. The molecule has 0 bridgehead atoms. The third kappa shape index (κ3) is 5.95. The zero-order valence-electron chi connectivity index (χ0n) is 21.7. The van der Waals surface area contributed by atoms with Crippen LogP contribution in [0.5, 0.6) is 0 Å². The van der Waals surface area contributed by atoms with Gasteiger partial charge in [-0.1, -0.05) is 48.0 Å². The number of hydrogen-bond acceptors (Lipinski definition) is 5. The van der Waals surface area contributed by atoms with Crippen molar-refractivity contribution >= 4 is 23.2 Å². The van der Waals surface area contributed by atoms with E-state index < -0.39 is 6.04 Å². The molecule has 3 heterocycles. The van der Waals surface area contributed by atoms with Crippen LogP contribution >= 0.6 is 11.3 Å². The van der Waals surface area contributed by atoms with Crippen molar-refractivity contribution in [1.29, 1.82) is 0 Å². The molecule has 3 aromatic rings. The first kappa shape index (κ1) is 25.6. The normalized spacial score (nSPS) is 20.0. The Bertz CT molecular complexity index is 1200. The Balaban J connectivity index is 1.44. The molecule has 2 saturated heterocycles. The maximum atomic E-state index is 13.8. The zero-order chi connectivity index (χ0) is 25.8. The van der Waals surface area contributed by atoms with Crippen molar-refractivity contribution in [2.45, 2.75) is 45.4 Å². The van der Waals surface area contributed by atoms with Gasteiger partial charge in [-0.3, -0.25) is 14.5 Å². The number of aryl methyl sites for hydroxylation is 2. The Morgan fingerprint density at radius 3 is 2.43 bits per heavy atom. The van der Waals surface area contributed by atoms with E-state index in [4.69, 9.17) is 0 Å². The van der Waals surface area contributed by atoms with E-state index in [1.165, 1.54) is 16.0 Å². The average Bonchev–Trinajstić information content (AvgIpc) is 3.60. The molecule has 7 heteroatoms. The molecule has 0 radical (unpaired) electrons. The standard InChI is InChI=1S/C30H36N4O2S/c1-22-9-11-24(12-10-22)29(35)34-20-26(18-28(34)30(36)32-15-13-31-14-16-32)33(21-27-8-5-17-37-27)19-25-7-4-3-6-23(25)2/h3-12,17,26,28,31H,13-16,18-21H2,1-2H3. The van der Waals surface area contributed by atoms with E-state index in [9.17, 15) is 9.59 Å². The van der Waals surface area contributed by atoms with Gasteiger partial charge in [0.25, 0.3) is 5.91 Å². The second-order valence-electron chi connectivity index (χ2n) is 10.2. The first-order valence-electron chi connectivity index (χ1n) is 13.2. The highest BCUT2D eigenvalue weighted by Gasteiger charge is 2.43. The van der Waals surface area contributed by atoms with Crippen molar-refractivity contribution in [3.05, 3.63) is 93.2 Å². The van der Waals surface area contributed by atoms with Crippen molar-refractivity contribution < 1.29 is 9.59 Å². The second kappa shape index (κ2) is 11.6. The average molecular weight is 517 g/mol. The van der Waals surface area contributed by atoms with Crippen LogP contribution in [0.25, 0.3) is 0 Å². The fraction of sp³-hybridized carbons (Fsp3) is 0.400. The summed E-state index contributed by atoms with van der Waals surface area (Å²) in [5, 5.41) is 5.44. The predicted molar refractivity (Wildman–Crippen MR) is 149 cm³/mol. The van der Waals surface area contributed by atoms with Crippen LogP contribution in [0.4, 0.5) is 0 Å². The quantitative estimate of drug-likeness (QED) is 0.514. The first-order chi connectivity index (χ1) is 18.0. The van der Waals surface area contributed by atoms with Gasteiger partial charge < -0.3 is 15.1 Å². The minimum Gasteiger partial charge on any atom is -0.338 e. The van der Waals surface area contributed by atoms with E-state index in [1.54, 1.807) is 11.3 Å². The molecule has 2 aliphatic heterocycles. The molecule has 1 N–H and O–H groups in total. The van der Waals surface area contributed by atoms with Gasteiger partial charge >= 0.3 is 0 Å². The minimum absolute atomic E-state index is 0.0528. The monoisotopic (exact) mass is 516 g/mol. The second-order valence-corrected chi connectivity index (χ2v) is 11.2. The fourth-order valence-electron chi connectivity index (χ4n) is 5.42. The van der Waals surface area contributed by atoms with Crippen molar-refractivity contribution in [2.75, 3.05) is 32.7 Å². The van der Waals surface area contributed by atoms with E-state index in [1.807, 2.05) is 41.0 Å². The summed E-state index contributed by atoms with van der Waals surface area (Å²) in [5.41, 5.74) is 4.31. The Kier molecular flexibility index (Phi) is 8.03. The maximum absolute atomic E-state index is 13.8. The maximum Gasteiger partial charge on any atom is 0.254 e. The van der Waals surface area contributed by atoms with Crippen LogP contribution in [-0.4, -0.2) is 71.3 Å². The van der Waals surface area contributed by atoms with Gasteiger partial charge in [0.15, 0.2) is 0 Å². The van der Waals surface area contributed by atoms with Gasteiger partial charge in [0.1, 0.15) is 6.04 Å². The molecule has 2 amide bonds. The van der Waals surface area contributed by atoms with E-state index in [2.05, 4.69) is 58.9 Å². The largest absolute Gasteiger partial charge is 0.338 e. The van der Waals surface area contributed by atoms with Gasteiger partial charge in [0, 0.05) is 62.3 Å². The Morgan fingerprint density at radius 2 is 1.73 bits per heavy atom. The van der Waals surface area contributed by atoms with Crippen molar-refractivity contribution in [1.82, 2.24) is 20.0 Å². The molecule has 37 heavy (non-hydrogen) atoms. The third-order valence-electron chi connectivity index (χ3n) is 7.64. The number of carbonyl (C=O) groups excluding carboxylic acids is 2. The minimum atomic E-state index is -0.445. The topological polar surface area (TPSA) is 55.9 Å². The smallest absolute Gasteiger partial charge is 0.254 e. The van der Waals surface area contributed by atoms with Crippen LogP contribution in [0, 0.1) is 13.8 Å². The fourth-order valence-corrected chi connectivity index (χ4v) is 6.15. The van der Waals surface area contributed by atoms with Crippen LogP contribution in [0.3, 0.4) is 0 Å². The number of likely N-dealkylation sites (tertiary alicyclic amines) is 1. The molecular weight excluding hydrogens is 480 g/mol.